The van der Waals surface area contributed by atoms with Gasteiger partial charge in [0, 0.05) is 30.8 Å². The van der Waals surface area contributed by atoms with Crippen molar-refractivity contribution >= 4 is 5.82 Å². The van der Waals surface area contributed by atoms with E-state index in [1.165, 1.54) is 6.07 Å². The molecule has 6 heteroatoms. The summed E-state index contributed by atoms with van der Waals surface area (Å²) in [6.07, 6.45) is 2.08. The highest BCUT2D eigenvalue weighted by atomic mass is 16.1. The SMILES string of the molecule is Cc1ccc(N2CCC[C@H](c3nc(C)cc(=O)[nH]3)C2)nn1. The molecule has 1 atom stereocenters. The number of anilines is 1. The number of rotatable bonds is 2. The summed E-state index contributed by atoms with van der Waals surface area (Å²) in [7, 11) is 0. The van der Waals surface area contributed by atoms with Gasteiger partial charge in [-0.2, -0.15) is 5.10 Å². The molecule has 2 aromatic rings. The molecule has 2 aromatic heterocycles. The summed E-state index contributed by atoms with van der Waals surface area (Å²) in [5.74, 6) is 1.90. The van der Waals surface area contributed by atoms with Gasteiger partial charge in [-0.15, -0.1) is 5.10 Å². The predicted molar refractivity (Wildman–Crippen MR) is 80.6 cm³/mol. The lowest BCUT2D eigenvalue weighted by molar-refractivity contribution is 0.485. The molecule has 0 aliphatic carbocycles. The molecule has 0 unspecified atom stereocenters. The van der Waals surface area contributed by atoms with Gasteiger partial charge < -0.3 is 9.88 Å². The van der Waals surface area contributed by atoms with Crippen LogP contribution in [0.5, 0.6) is 0 Å². The first-order chi connectivity index (χ1) is 10.1. The van der Waals surface area contributed by atoms with Crippen molar-refractivity contribution in [3.8, 4) is 0 Å². The van der Waals surface area contributed by atoms with E-state index in [0.717, 1.165) is 49.0 Å². The molecule has 1 N–H and O–H groups in total. The molecule has 0 saturated carbocycles. The number of aromatic amines is 1. The van der Waals surface area contributed by atoms with Crippen LogP contribution in [0.15, 0.2) is 23.0 Å². The maximum Gasteiger partial charge on any atom is 0.251 e. The molecule has 0 spiro atoms. The van der Waals surface area contributed by atoms with Crippen LogP contribution in [0.2, 0.25) is 0 Å². The molecule has 1 aliphatic rings. The summed E-state index contributed by atoms with van der Waals surface area (Å²) in [5, 5.41) is 8.36. The van der Waals surface area contributed by atoms with E-state index in [0.29, 0.717) is 0 Å². The van der Waals surface area contributed by atoms with Crippen molar-refractivity contribution in [3.05, 3.63) is 45.8 Å². The van der Waals surface area contributed by atoms with Crippen LogP contribution in [-0.4, -0.2) is 33.3 Å². The largest absolute Gasteiger partial charge is 0.354 e. The second-order valence-electron chi connectivity index (χ2n) is 5.59. The highest BCUT2D eigenvalue weighted by molar-refractivity contribution is 5.38. The van der Waals surface area contributed by atoms with Crippen LogP contribution in [0.25, 0.3) is 0 Å². The number of piperidine rings is 1. The summed E-state index contributed by atoms with van der Waals surface area (Å²) in [6, 6.07) is 5.49. The van der Waals surface area contributed by atoms with Gasteiger partial charge in [0.05, 0.1) is 5.69 Å². The molecule has 1 saturated heterocycles. The zero-order valence-electron chi connectivity index (χ0n) is 12.3. The quantitative estimate of drug-likeness (QED) is 0.906. The monoisotopic (exact) mass is 285 g/mol. The standard InChI is InChI=1S/C15H19N5O/c1-10-5-6-13(19-18-10)20-7-3-4-12(9-20)15-16-11(2)8-14(21)17-15/h5-6,8,12H,3-4,7,9H2,1-2H3,(H,16,17,21)/t12-/m0/s1. The highest BCUT2D eigenvalue weighted by Gasteiger charge is 2.24. The molecule has 1 fully saturated rings. The summed E-state index contributed by atoms with van der Waals surface area (Å²) < 4.78 is 0. The Balaban J connectivity index is 1.82. The van der Waals surface area contributed by atoms with E-state index in [4.69, 9.17) is 0 Å². The van der Waals surface area contributed by atoms with Crippen LogP contribution >= 0.6 is 0 Å². The molecule has 21 heavy (non-hydrogen) atoms. The van der Waals surface area contributed by atoms with E-state index in [-0.39, 0.29) is 11.5 Å². The van der Waals surface area contributed by atoms with Crippen LogP contribution in [-0.2, 0) is 0 Å². The summed E-state index contributed by atoms with van der Waals surface area (Å²) in [6.45, 7) is 5.55. The minimum atomic E-state index is -0.0789. The molecule has 0 bridgehead atoms. The minimum Gasteiger partial charge on any atom is -0.354 e. The van der Waals surface area contributed by atoms with Crippen molar-refractivity contribution in [2.45, 2.75) is 32.6 Å². The fraction of sp³-hybridized carbons (Fsp3) is 0.467. The molecule has 0 amide bonds. The van der Waals surface area contributed by atoms with Gasteiger partial charge in [-0.3, -0.25) is 4.79 Å². The van der Waals surface area contributed by atoms with Crippen LogP contribution in [0.1, 0.15) is 36.0 Å². The van der Waals surface area contributed by atoms with Gasteiger partial charge in [0.25, 0.3) is 5.56 Å². The van der Waals surface area contributed by atoms with Gasteiger partial charge >= 0.3 is 0 Å². The molecule has 3 rings (SSSR count). The van der Waals surface area contributed by atoms with Crippen molar-refractivity contribution in [3.63, 3.8) is 0 Å². The van der Waals surface area contributed by atoms with Gasteiger partial charge in [0.15, 0.2) is 5.82 Å². The van der Waals surface area contributed by atoms with Crippen molar-refractivity contribution < 1.29 is 0 Å². The first-order valence-electron chi connectivity index (χ1n) is 7.25. The lowest BCUT2D eigenvalue weighted by Gasteiger charge is -2.32. The Labute approximate surface area is 123 Å². The molecular formula is C15H19N5O. The number of nitrogens with one attached hydrogen (secondary N) is 1. The fourth-order valence-corrected chi connectivity index (χ4v) is 2.76. The van der Waals surface area contributed by atoms with E-state index in [1.54, 1.807) is 0 Å². The van der Waals surface area contributed by atoms with Crippen molar-refractivity contribution in [1.82, 2.24) is 20.2 Å². The van der Waals surface area contributed by atoms with E-state index < -0.39 is 0 Å². The van der Waals surface area contributed by atoms with Crippen molar-refractivity contribution in [2.24, 2.45) is 0 Å². The number of nitrogens with zero attached hydrogens (tertiary/aromatic N) is 4. The molecule has 6 nitrogen and oxygen atoms in total. The Morgan fingerprint density at radius 1 is 1.24 bits per heavy atom. The van der Waals surface area contributed by atoms with Crippen molar-refractivity contribution in [1.29, 1.82) is 0 Å². The van der Waals surface area contributed by atoms with Crippen molar-refractivity contribution in [2.75, 3.05) is 18.0 Å². The third kappa shape index (κ3) is 3.09. The lowest BCUT2D eigenvalue weighted by atomic mass is 9.97. The molecule has 110 valence electrons. The molecule has 0 radical (unpaired) electrons. The Morgan fingerprint density at radius 2 is 2.10 bits per heavy atom. The zero-order valence-corrected chi connectivity index (χ0v) is 12.3. The fourth-order valence-electron chi connectivity index (χ4n) is 2.76. The van der Waals surface area contributed by atoms with Crippen LogP contribution < -0.4 is 10.5 Å². The van der Waals surface area contributed by atoms with Gasteiger partial charge in [-0.1, -0.05) is 0 Å². The summed E-state index contributed by atoms with van der Waals surface area (Å²) >= 11 is 0. The second-order valence-corrected chi connectivity index (χ2v) is 5.59. The topological polar surface area (TPSA) is 74.8 Å². The van der Waals surface area contributed by atoms with Crippen LogP contribution in [0.3, 0.4) is 0 Å². The summed E-state index contributed by atoms with van der Waals surface area (Å²) in [5.41, 5.74) is 1.60. The number of H-pyrrole nitrogens is 1. The zero-order chi connectivity index (χ0) is 14.8. The maximum atomic E-state index is 11.6. The third-order valence-electron chi connectivity index (χ3n) is 3.80. The Kier molecular flexibility index (Phi) is 3.68. The van der Waals surface area contributed by atoms with E-state index in [2.05, 4.69) is 25.1 Å². The molecule has 3 heterocycles. The molecule has 1 aliphatic heterocycles. The van der Waals surface area contributed by atoms with Crippen LogP contribution in [0, 0.1) is 13.8 Å². The number of aryl methyl sites for hydroxylation is 2. The lowest BCUT2D eigenvalue weighted by Crippen LogP contribution is -2.36. The van der Waals surface area contributed by atoms with E-state index >= 15 is 0 Å². The van der Waals surface area contributed by atoms with Gasteiger partial charge in [-0.25, -0.2) is 4.98 Å². The number of hydrogen-bond acceptors (Lipinski definition) is 5. The van der Waals surface area contributed by atoms with Gasteiger partial charge in [0.1, 0.15) is 5.82 Å². The highest BCUT2D eigenvalue weighted by Crippen LogP contribution is 2.26. The predicted octanol–water partition coefficient (Wildman–Crippen LogP) is 1.56. The Bertz CT molecular complexity index is 679. The van der Waals surface area contributed by atoms with Gasteiger partial charge in [0.2, 0.25) is 0 Å². The molecule has 0 aromatic carbocycles. The Morgan fingerprint density at radius 3 is 2.81 bits per heavy atom. The average Bonchev–Trinajstić information content (AvgIpc) is 2.47. The third-order valence-corrected chi connectivity index (χ3v) is 3.80. The van der Waals surface area contributed by atoms with Crippen LogP contribution in [0.4, 0.5) is 5.82 Å². The normalized spacial score (nSPS) is 18.8. The second kappa shape index (κ2) is 5.63. The summed E-state index contributed by atoms with van der Waals surface area (Å²) in [4.78, 5) is 21.2. The number of aromatic nitrogens is 4. The molecular weight excluding hydrogens is 266 g/mol. The first-order valence-corrected chi connectivity index (χ1v) is 7.25. The first kappa shape index (κ1) is 13.7. The minimum absolute atomic E-state index is 0.0789. The van der Waals surface area contributed by atoms with E-state index in [9.17, 15) is 4.79 Å². The smallest absolute Gasteiger partial charge is 0.251 e. The average molecular weight is 285 g/mol. The Hall–Kier alpha value is -2.24. The van der Waals surface area contributed by atoms with E-state index in [1.807, 2.05) is 26.0 Å². The maximum absolute atomic E-state index is 11.6. The number of hydrogen-bond donors (Lipinski definition) is 1. The van der Waals surface area contributed by atoms with Gasteiger partial charge in [-0.05, 0) is 38.8 Å².